The molecule has 1 aliphatic rings. The summed E-state index contributed by atoms with van der Waals surface area (Å²) in [4.78, 5) is 38.3. The molecule has 1 N–H and O–H groups in total. The number of ether oxygens (including phenoxy) is 2. The second-order valence-electron chi connectivity index (χ2n) is 5.66. The van der Waals surface area contributed by atoms with Gasteiger partial charge in [0, 0.05) is 13.1 Å². The summed E-state index contributed by atoms with van der Waals surface area (Å²) in [7, 11) is 2.52. The van der Waals surface area contributed by atoms with E-state index in [1.165, 1.54) is 32.4 Å². The van der Waals surface area contributed by atoms with Crippen LogP contribution < -0.4 is 5.32 Å². The maximum absolute atomic E-state index is 12.6. The number of anilines is 1. The lowest BCUT2D eigenvalue weighted by Crippen LogP contribution is -2.43. The average Bonchev–Trinajstić information content (AvgIpc) is 2.66. The molecule has 0 radical (unpaired) electrons. The van der Waals surface area contributed by atoms with Gasteiger partial charge in [-0.3, -0.25) is 9.69 Å². The topological polar surface area (TPSA) is 84.9 Å². The molecule has 1 heterocycles. The van der Waals surface area contributed by atoms with Crippen LogP contribution in [0.5, 0.6) is 0 Å². The molecule has 7 nitrogen and oxygen atoms in total. The molecule has 0 aromatic heterocycles. The minimum Gasteiger partial charge on any atom is -0.465 e. The van der Waals surface area contributed by atoms with E-state index in [1.54, 1.807) is 6.92 Å². The smallest absolute Gasteiger partial charge is 0.339 e. The molecule has 0 saturated carbocycles. The van der Waals surface area contributed by atoms with Crippen molar-refractivity contribution in [2.75, 3.05) is 32.6 Å². The highest BCUT2D eigenvalue weighted by Gasteiger charge is 2.24. The number of carbonyl (C=O) groups is 3. The van der Waals surface area contributed by atoms with Gasteiger partial charge in [0.2, 0.25) is 5.91 Å². The molecule has 1 unspecified atom stereocenters. The number of hydrogen-bond acceptors (Lipinski definition) is 6. The minimum atomic E-state index is -0.597. The lowest BCUT2D eigenvalue weighted by atomic mass is 10.1. The van der Waals surface area contributed by atoms with Crippen molar-refractivity contribution >= 4 is 23.5 Å². The third kappa shape index (κ3) is 4.45. The fraction of sp³-hybridized carbons (Fsp3) is 0.389. The van der Waals surface area contributed by atoms with Crippen molar-refractivity contribution in [1.82, 2.24) is 4.90 Å². The monoisotopic (exact) mass is 346 g/mol. The number of benzene rings is 1. The molecular formula is C18H22N2O5. The van der Waals surface area contributed by atoms with Gasteiger partial charge in [0.05, 0.1) is 37.1 Å². The fourth-order valence-corrected chi connectivity index (χ4v) is 2.59. The minimum absolute atomic E-state index is 0.175. The zero-order chi connectivity index (χ0) is 18.4. The quantitative estimate of drug-likeness (QED) is 0.647. The standard InChI is InChI=1S/C18H22N2O5/c1-12(20-9-5-4-6-10-20)16(21)19-15-11-13(17(22)24-2)7-8-14(15)18(23)25-3/h4-5,7-8,11-12H,6,9-10H2,1-3H3,(H,19,21). The fourth-order valence-electron chi connectivity index (χ4n) is 2.59. The Balaban J connectivity index is 2.25. The molecule has 1 amide bonds. The lowest BCUT2D eigenvalue weighted by molar-refractivity contribution is -0.120. The maximum Gasteiger partial charge on any atom is 0.339 e. The molecule has 2 rings (SSSR count). The van der Waals surface area contributed by atoms with E-state index in [2.05, 4.69) is 16.1 Å². The van der Waals surface area contributed by atoms with Crippen molar-refractivity contribution in [1.29, 1.82) is 0 Å². The van der Waals surface area contributed by atoms with Gasteiger partial charge in [-0.05, 0) is 31.5 Å². The van der Waals surface area contributed by atoms with Gasteiger partial charge in [0.25, 0.3) is 0 Å². The lowest BCUT2D eigenvalue weighted by Gasteiger charge is -2.29. The Kier molecular flexibility index (Phi) is 6.30. The second-order valence-corrected chi connectivity index (χ2v) is 5.66. The van der Waals surface area contributed by atoms with Crippen LogP contribution in [0.3, 0.4) is 0 Å². The van der Waals surface area contributed by atoms with Gasteiger partial charge < -0.3 is 14.8 Å². The van der Waals surface area contributed by atoms with Gasteiger partial charge in [0.15, 0.2) is 0 Å². The number of carbonyl (C=O) groups excluding carboxylic acids is 3. The van der Waals surface area contributed by atoms with Crippen LogP contribution >= 0.6 is 0 Å². The van der Waals surface area contributed by atoms with E-state index in [4.69, 9.17) is 4.74 Å². The van der Waals surface area contributed by atoms with Crippen LogP contribution in [-0.4, -0.2) is 56.1 Å². The molecule has 1 atom stereocenters. The van der Waals surface area contributed by atoms with Gasteiger partial charge in [-0.1, -0.05) is 12.2 Å². The normalized spacial score (nSPS) is 15.3. The molecule has 134 valence electrons. The first-order chi connectivity index (χ1) is 12.0. The summed E-state index contributed by atoms with van der Waals surface area (Å²) in [5.74, 6) is -1.41. The Morgan fingerprint density at radius 3 is 2.44 bits per heavy atom. The van der Waals surface area contributed by atoms with Gasteiger partial charge in [0.1, 0.15) is 0 Å². The Bertz CT molecular complexity index is 699. The van der Waals surface area contributed by atoms with Crippen LogP contribution in [0.1, 0.15) is 34.1 Å². The van der Waals surface area contributed by atoms with E-state index in [9.17, 15) is 14.4 Å². The van der Waals surface area contributed by atoms with E-state index in [1.807, 2.05) is 11.0 Å². The van der Waals surface area contributed by atoms with Crippen molar-refractivity contribution in [3.63, 3.8) is 0 Å². The number of esters is 2. The Labute approximate surface area is 146 Å². The van der Waals surface area contributed by atoms with Gasteiger partial charge in [-0.25, -0.2) is 9.59 Å². The van der Waals surface area contributed by atoms with Crippen molar-refractivity contribution in [2.45, 2.75) is 19.4 Å². The molecule has 0 fully saturated rings. The van der Waals surface area contributed by atoms with E-state index >= 15 is 0 Å². The highest BCUT2D eigenvalue weighted by atomic mass is 16.5. The van der Waals surface area contributed by atoms with E-state index in [-0.39, 0.29) is 28.8 Å². The van der Waals surface area contributed by atoms with Crippen LogP contribution in [0.2, 0.25) is 0 Å². The van der Waals surface area contributed by atoms with E-state index in [0.29, 0.717) is 6.54 Å². The van der Waals surface area contributed by atoms with Crippen LogP contribution in [0.15, 0.2) is 30.4 Å². The largest absolute Gasteiger partial charge is 0.465 e. The van der Waals surface area contributed by atoms with Crippen LogP contribution in [-0.2, 0) is 14.3 Å². The second kappa shape index (κ2) is 8.43. The van der Waals surface area contributed by atoms with E-state index in [0.717, 1.165) is 13.0 Å². The summed E-state index contributed by atoms with van der Waals surface area (Å²) < 4.78 is 9.42. The van der Waals surface area contributed by atoms with E-state index < -0.39 is 11.9 Å². The van der Waals surface area contributed by atoms with Gasteiger partial charge >= 0.3 is 11.9 Å². The number of nitrogens with zero attached hydrogens (tertiary/aromatic N) is 1. The zero-order valence-corrected chi connectivity index (χ0v) is 14.6. The highest BCUT2D eigenvalue weighted by molar-refractivity contribution is 6.04. The number of nitrogens with one attached hydrogen (secondary N) is 1. The first kappa shape index (κ1) is 18.7. The van der Waals surface area contributed by atoms with Crippen molar-refractivity contribution in [3.05, 3.63) is 41.5 Å². The van der Waals surface area contributed by atoms with Crippen molar-refractivity contribution in [3.8, 4) is 0 Å². The SMILES string of the molecule is COC(=O)c1ccc(C(=O)OC)c(NC(=O)C(C)N2CC=CCC2)c1. The molecule has 1 aromatic rings. The molecule has 1 aliphatic heterocycles. The first-order valence-corrected chi connectivity index (χ1v) is 7.98. The number of hydrogen-bond donors (Lipinski definition) is 1. The molecule has 25 heavy (non-hydrogen) atoms. The molecule has 1 aromatic carbocycles. The van der Waals surface area contributed by atoms with Crippen LogP contribution in [0, 0.1) is 0 Å². The zero-order valence-electron chi connectivity index (χ0n) is 14.6. The van der Waals surface area contributed by atoms with Crippen molar-refractivity contribution in [2.24, 2.45) is 0 Å². The first-order valence-electron chi connectivity index (χ1n) is 7.98. The van der Waals surface area contributed by atoms with Crippen LogP contribution in [0.4, 0.5) is 5.69 Å². The summed E-state index contributed by atoms with van der Waals surface area (Å²) in [6, 6.07) is 3.92. The van der Waals surface area contributed by atoms with Crippen LogP contribution in [0.25, 0.3) is 0 Å². The molecule has 0 bridgehead atoms. The van der Waals surface area contributed by atoms with Gasteiger partial charge in [-0.15, -0.1) is 0 Å². The summed E-state index contributed by atoms with van der Waals surface area (Å²) in [5, 5.41) is 2.73. The highest BCUT2D eigenvalue weighted by Crippen LogP contribution is 2.21. The predicted octanol–water partition coefficient (Wildman–Crippen LogP) is 1.85. The number of methoxy groups -OCH3 is 2. The molecule has 7 heteroatoms. The summed E-state index contributed by atoms with van der Waals surface area (Å²) >= 11 is 0. The molecule has 0 saturated heterocycles. The molecule has 0 aliphatic carbocycles. The summed E-state index contributed by atoms with van der Waals surface area (Å²) in [5.41, 5.74) is 0.632. The Morgan fingerprint density at radius 1 is 1.12 bits per heavy atom. The number of amides is 1. The molecule has 0 spiro atoms. The average molecular weight is 346 g/mol. The summed E-state index contributed by atoms with van der Waals surface area (Å²) in [6.07, 6.45) is 4.99. The van der Waals surface area contributed by atoms with Crippen molar-refractivity contribution < 1.29 is 23.9 Å². The Morgan fingerprint density at radius 2 is 1.84 bits per heavy atom. The predicted molar refractivity (Wildman–Crippen MR) is 92.5 cm³/mol. The number of rotatable bonds is 5. The maximum atomic E-state index is 12.6. The Hall–Kier alpha value is -2.67. The molecular weight excluding hydrogens is 324 g/mol. The van der Waals surface area contributed by atoms with Gasteiger partial charge in [-0.2, -0.15) is 0 Å². The third-order valence-corrected chi connectivity index (χ3v) is 4.12. The third-order valence-electron chi connectivity index (χ3n) is 4.12. The summed E-state index contributed by atoms with van der Waals surface area (Å²) in [6.45, 7) is 3.29.